The molecular formula is C15H18N2O2S. The fraction of sp³-hybridized carbons (Fsp3) is 0.400. The zero-order valence-corrected chi connectivity index (χ0v) is 12.3. The molecule has 1 saturated heterocycles. The summed E-state index contributed by atoms with van der Waals surface area (Å²) in [6, 6.07) is 10.3. The molecule has 106 valence electrons. The second kappa shape index (κ2) is 5.14. The SMILES string of the molecule is CN(Cc1ccc2ncccc2c1)[C@H]1CCS(=O)(=O)C1. The molecule has 0 aliphatic carbocycles. The van der Waals surface area contributed by atoms with Crippen LogP contribution in [0.2, 0.25) is 0 Å². The van der Waals surface area contributed by atoms with Gasteiger partial charge in [0, 0.05) is 24.2 Å². The van der Waals surface area contributed by atoms with E-state index in [0.717, 1.165) is 23.9 Å². The summed E-state index contributed by atoms with van der Waals surface area (Å²) in [7, 11) is -0.820. The third-order valence-electron chi connectivity index (χ3n) is 3.93. The van der Waals surface area contributed by atoms with Gasteiger partial charge in [-0.3, -0.25) is 9.88 Å². The molecule has 2 heterocycles. The lowest BCUT2D eigenvalue weighted by Gasteiger charge is -2.23. The molecular weight excluding hydrogens is 272 g/mol. The van der Waals surface area contributed by atoms with E-state index in [0.29, 0.717) is 11.5 Å². The van der Waals surface area contributed by atoms with Gasteiger partial charge in [0.25, 0.3) is 0 Å². The number of rotatable bonds is 3. The molecule has 4 nitrogen and oxygen atoms in total. The van der Waals surface area contributed by atoms with Crippen LogP contribution in [0.1, 0.15) is 12.0 Å². The molecule has 3 rings (SSSR count). The molecule has 1 aromatic heterocycles. The van der Waals surface area contributed by atoms with E-state index >= 15 is 0 Å². The minimum atomic E-state index is -2.82. The molecule has 0 bridgehead atoms. The van der Waals surface area contributed by atoms with Gasteiger partial charge in [-0.25, -0.2) is 8.42 Å². The predicted molar refractivity (Wildman–Crippen MR) is 80.3 cm³/mol. The largest absolute Gasteiger partial charge is 0.298 e. The number of sulfone groups is 1. The van der Waals surface area contributed by atoms with Gasteiger partial charge >= 0.3 is 0 Å². The highest BCUT2D eigenvalue weighted by molar-refractivity contribution is 7.91. The molecule has 0 amide bonds. The topological polar surface area (TPSA) is 50.3 Å². The van der Waals surface area contributed by atoms with Crippen LogP contribution in [0.3, 0.4) is 0 Å². The second-order valence-corrected chi connectivity index (χ2v) is 7.73. The molecule has 20 heavy (non-hydrogen) atoms. The lowest BCUT2D eigenvalue weighted by molar-refractivity contribution is 0.254. The summed E-state index contributed by atoms with van der Waals surface area (Å²) in [4.78, 5) is 6.45. The number of nitrogens with zero attached hydrogens (tertiary/aromatic N) is 2. The smallest absolute Gasteiger partial charge is 0.151 e. The standard InChI is InChI=1S/C15H18N2O2S/c1-17(14-6-8-20(18,19)11-14)10-12-4-5-15-13(9-12)3-2-7-16-15/h2-5,7,9,14H,6,8,10-11H2,1H3/t14-/m0/s1. The van der Waals surface area contributed by atoms with Crippen LogP contribution in [0.5, 0.6) is 0 Å². The third-order valence-corrected chi connectivity index (χ3v) is 5.68. The molecule has 1 aromatic carbocycles. The van der Waals surface area contributed by atoms with Crippen molar-refractivity contribution in [2.75, 3.05) is 18.6 Å². The van der Waals surface area contributed by atoms with Crippen LogP contribution in [0.4, 0.5) is 0 Å². The fourth-order valence-electron chi connectivity index (χ4n) is 2.76. The lowest BCUT2D eigenvalue weighted by Crippen LogP contribution is -2.32. The van der Waals surface area contributed by atoms with Gasteiger partial charge in [0.2, 0.25) is 0 Å². The zero-order valence-electron chi connectivity index (χ0n) is 11.5. The maximum absolute atomic E-state index is 11.5. The Labute approximate surface area is 119 Å². The first kappa shape index (κ1) is 13.5. The maximum Gasteiger partial charge on any atom is 0.151 e. The number of fused-ring (bicyclic) bond motifs is 1. The maximum atomic E-state index is 11.5. The van der Waals surface area contributed by atoms with Gasteiger partial charge in [0.1, 0.15) is 0 Å². The predicted octanol–water partition coefficient (Wildman–Crippen LogP) is 1.85. The molecule has 0 unspecified atom stereocenters. The molecule has 1 aliphatic heterocycles. The molecule has 0 radical (unpaired) electrons. The van der Waals surface area contributed by atoms with E-state index < -0.39 is 9.84 Å². The van der Waals surface area contributed by atoms with Gasteiger partial charge in [-0.15, -0.1) is 0 Å². The van der Waals surface area contributed by atoms with E-state index in [1.807, 2.05) is 25.2 Å². The zero-order chi connectivity index (χ0) is 14.2. The van der Waals surface area contributed by atoms with E-state index in [1.54, 1.807) is 6.20 Å². The third kappa shape index (κ3) is 2.83. The van der Waals surface area contributed by atoms with Crippen molar-refractivity contribution in [3.8, 4) is 0 Å². The van der Waals surface area contributed by atoms with Crippen LogP contribution in [-0.2, 0) is 16.4 Å². The quantitative estimate of drug-likeness (QED) is 0.865. The number of hydrogen-bond donors (Lipinski definition) is 0. The molecule has 0 saturated carbocycles. The van der Waals surface area contributed by atoms with Crippen molar-refractivity contribution in [2.24, 2.45) is 0 Å². The van der Waals surface area contributed by atoms with Crippen LogP contribution >= 0.6 is 0 Å². The molecule has 0 spiro atoms. The van der Waals surface area contributed by atoms with Gasteiger partial charge in [0.15, 0.2) is 9.84 Å². The monoisotopic (exact) mass is 290 g/mol. The van der Waals surface area contributed by atoms with Crippen molar-refractivity contribution in [3.63, 3.8) is 0 Å². The van der Waals surface area contributed by atoms with E-state index in [1.165, 1.54) is 5.56 Å². The van der Waals surface area contributed by atoms with E-state index in [9.17, 15) is 8.42 Å². The highest BCUT2D eigenvalue weighted by Gasteiger charge is 2.30. The fourth-order valence-corrected chi connectivity index (χ4v) is 4.57. The van der Waals surface area contributed by atoms with E-state index in [2.05, 4.69) is 22.0 Å². The van der Waals surface area contributed by atoms with Gasteiger partial charge in [-0.1, -0.05) is 12.1 Å². The summed E-state index contributed by atoms with van der Waals surface area (Å²) in [6.45, 7) is 0.769. The molecule has 0 N–H and O–H groups in total. The van der Waals surface area contributed by atoms with Crippen molar-refractivity contribution >= 4 is 20.7 Å². The Morgan fingerprint density at radius 3 is 2.95 bits per heavy atom. The van der Waals surface area contributed by atoms with Gasteiger partial charge in [-0.2, -0.15) is 0 Å². The lowest BCUT2D eigenvalue weighted by atomic mass is 10.1. The van der Waals surface area contributed by atoms with Gasteiger partial charge in [-0.05, 0) is 37.2 Å². The Kier molecular flexibility index (Phi) is 3.48. The van der Waals surface area contributed by atoms with E-state index in [-0.39, 0.29) is 6.04 Å². The molecule has 1 fully saturated rings. The Morgan fingerprint density at radius 1 is 1.35 bits per heavy atom. The van der Waals surface area contributed by atoms with Gasteiger partial charge < -0.3 is 0 Å². The molecule has 1 atom stereocenters. The molecule has 5 heteroatoms. The number of aromatic nitrogens is 1. The van der Waals surface area contributed by atoms with Crippen LogP contribution in [0.25, 0.3) is 10.9 Å². The first-order valence-electron chi connectivity index (χ1n) is 6.78. The Hall–Kier alpha value is -1.46. The average molecular weight is 290 g/mol. The van der Waals surface area contributed by atoms with E-state index in [4.69, 9.17) is 0 Å². The number of hydrogen-bond acceptors (Lipinski definition) is 4. The average Bonchev–Trinajstić information content (AvgIpc) is 2.79. The summed E-state index contributed by atoms with van der Waals surface area (Å²) in [5.74, 6) is 0.613. The Morgan fingerprint density at radius 2 is 2.20 bits per heavy atom. The first-order chi connectivity index (χ1) is 9.53. The summed E-state index contributed by atoms with van der Waals surface area (Å²) < 4.78 is 23.1. The van der Waals surface area contributed by atoms with Gasteiger partial charge in [0.05, 0.1) is 17.0 Å². The molecule has 1 aliphatic rings. The molecule has 2 aromatic rings. The summed E-state index contributed by atoms with van der Waals surface area (Å²) >= 11 is 0. The Bertz CT molecular complexity index is 727. The Balaban J connectivity index is 1.76. The van der Waals surface area contributed by atoms with Crippen LogP contribution in [-0.4, -0.2) is 42.9 Å². The highest BCUT2D eigenvalue weighted by Crippen LogP contribution is 2.20. The minimum Gasteiger partial charge on any atom is -0.298 e. The van der Waals surface area contributed by atoms with Crippen LogP contribution in [0, 0.1) is 0 Å². The summed E-state index contributed by atoms with van der Waals surface area (Å²) in [5, 5.41) is 1.12. The summed E-state index contributed by atoms with van der Waals surface area (Å²) in [5.41, 5.74) is 2.18. The van der Waals surface area contributed by atoms with Crippen molar-refractivity contribution in [1.82, 2.24) is 9.88 Å². The first-order valence-corrected chi connectivity index (χ1v) is 8.60. The highest BCUT2D eigenvalue weighted by atomic mass is 32.2. The normalized spacial score (nSPS) is 21.6. The van der Waals surface area contributed by atoms with Crippen molar-refractivity contribution in [2.45, 2.75) is 19.0 Å². The van der Waals surface area contributed by atoms with Crippen LogP contribution in [0.15, 0.2) is 36.5 Å². The van der Waals surface area contributed by atoms with Crippen molar-refractivity contribution in [3.05, 3.63) is 42.1 Å². The van der Waals surface area contributed by atoms with Crippen LogP contribution < -0.4 is 0 Å². The minimum absolute atomic E-state index is 0.143. The van der Waals surface area contributed by atoms with Crippen molar-refractivity contribution in [1.29, 1.82) is 0 Å². The second-order valence-electron chi connectivity index (χ2n) is 5.50. The summed E-state index contributed by atoms with van der Waals surface area (Å²) in [6.07, 6.45) is 2.53. The number of benzene rings is 1. The van der Waals surface area contributed by atoms with Crippen molar-refractivity contribution < 1.29 is 8.42 Å². The number of pyridine rings is 1.